The second-order valence-corrected chi connectivity index (χ2v) is 8.07. The van der Waals surface area contributed by atoms with Gasteiger partial charge in [0.05, 0.1) is 5.02 Å². The van der Waals surface area contributed by atoms with Gasteiger partial charge in [0.25, 0.3) is 0 Å². The van der Waals surface area contributed by atoms with E-state index in [1.807, 2.05) is 6.07 Å². The van der Waals surface area contributed by atoms with Gasteiger partial charge in [-0.1, -0.05) is 11.6 Å². The fourth-order valence-electron chi connectivity index (χ4n) is 6.02. The first-order chi connectivity index (χ1) is 10.1. The van der Waals surface area contributed by atoms with Crippen molar-refractivity contribution >= 4 is 17.4 Å². The van der Waals surface area contributed by atoms with E-state index in [0.717, 1.165) is 23.3 Å². The molecule has 3 nitrogen and oxygen atoms in total. The zero-order chi connectivity index (χ0) is 14.6. The van der Waals surface area contributed by atoms with Crippen molar-refractivity contribution in [1.82, 2.24) is 10.3 Å². The molecule has 0 amide bonds. The van der Waals surface area contributed by atoms with E-state index in [1.54, 1.807) is 6.20 Å². The maximum Gasteiger partial charge on any atom is 0.128 e. The SMILES string of the molecule is CNC(c1cc(Cl)cnc1N)C12CC3CC(CC(C3)C1)C2. The second kappa shape index (κ2) is 4.85. The van der Waals surface area contributed by atoms with Gasteiger partial charge in [0, 0.05) is 17.8 Å². The third kappa shape index (κ3) is 2.17. The molecule has 4 fully saturated rings. The number of halogens is 1. The summed E-state index contributed by atoms with van der Waals surface area (Å²) in [7, 11) is 2.06. The first kappa shape index (κ1) is 13.8. The summed E-state index contributed by atoms with van der Waals surface area (Å²) < 4.78 is 0. The monoisotopic (exact) mass is 305 g/mol. The van der Waals surface area contributed by atoms with Crippen LogP contribution < -0.4 is 11.1 Å². The molecular formula is C17H24ClN3. The van der Waals surface area contributed by atoms with Crippen LogP contribution in [0.4, 0.5) is 5.82 Å². The zero-order valence-corrected chi connectivity index (χ0v) is 13.4. The number of anilines is 1. The van der Waals surface area contributed by atoms with Crippen molar-refractivity contribution in [2.45, 2.75) is 44.6 Å². The Morgan fingerprint density at radius 3 is 2.33 bits per heavy atom. The second-order valence-electron chi connectivity index (χ2n) is 7.63. The fraction of sp³-hybridized carbons (Fsp3) is 0.706. The van der Waals surface area contributed by atoms with Gasteiger partial charge in [0.15, 0.2) is 0 Å². The van der Waals surface area contributed by atoms with E-state index in [-0.39, 0.29) is 6.04 Å². The van der Waals surface area contributed by atoms with Gasteiger partial charge in [-0.15, -0.1) is 0 Å². The molecule has 5 rings (SSSR count). The minimum absolute atomic E-state index is 0.289. The Bertz CT molecular complexity index is 522. The Morgan fingerprint density at radius 2 is 1.81 bits per heavy atom. The van der Waals surface area contributed by atoms with E-state index in [1.165, 1.54) is 38.5 Å². The van der Waals surface area contributed by atoms with Crippen LogP contribution >= 0.6 is 11.6 Å². The highest BCUT2D eigenvalue weighted by atomic mass is 35.5. The highest BCUT2D eigenvalue weighted by Gasteiger charge is 2.54. The first-order valence-corrected chi connectivity index (χ1v) is 8.55. The van der Waals surface area contributed by atoms with Crippen molar-refractivity contribution in [3.8, 4) is 0 Å². The number of pyridine rings is 1. The number of hydrogen-bond donors (Lipinski definition) is 2. The summed E-state index contributed by atoms with van der Waals surface area (Å²) in [5.74, 6) is 3.43. The zero-order valence-electron chi connectivity index (χ0n) is 12.6. The molecule has 1 heterocycles. The molecule has 0 aromatic carbocycles. The molecule has 1 aromatic rings. The van der Waals surface area contributed by atoms with Gasteiger partial charge < -0.3 is 11.1 Å². The van der Waals surface area contributed by atoms with Crippen LogP contribution in [0.2, 0.25) is 5.02 Å². The van der Waals surface area contributed by atoms with Crippen LogP contribution in [-0.4, -0.2) is 12.0 Å². The minimum atomic E-state index is 0.289. The summed E-state index contributed by atoms with van der Waals surface area (Å²) in [6.07, 6.45) is 10.0. The molecule has 4 heteroatoms. The molecule has 21 heavy (non-hydrogen) atoms. The van der Waals surface area contributed by atoms with Crippen LogP contribution in [0.3, 0.4) is 0 Å². The third-order valence-electron chi connectivity index (χ3n) is 6.21. The summed E-state index contributed by atoms with van der Waals surface area (Å²) in [5, 5.41) is 4.25. The van der Waals surface area contributed by atoms with E-state index < -0.39 is 0 Å². The number of aromatic nitrogens is 1. The Morgan fingerprint density at radius 1 is 1.24 bits per heavy atom. The Kier molecular flexibility index (Phi) is 3.20. The number of nitrogen functional groups attached to an aromatic ring is 1. The molecule has 1 atom stereocenters. The minimum Gasteiger partial charge on any atom is -0.383 e. The van der Waals surface area contributed by atoms with Gasteiger partial charge in [-0.05, 0) is 74.8 Å². The molecule has 4 bridgehead atoms. The van der Waals surface area contributed by atoms with E-state index in [9.17, 15) is 0 Å². The lowest BCUT2D eigenvalue weighted by Gasteiger charge is -2.59. The van der Waals surface area contributed by atoms with E-state index in [0.29, 0.717) is 16.3 Å². The lowest BCUT2D eigenvalue weighted by Crippen LogP contribution is -2.51. The average Bonchev–Trinajstić information content (AvgIpc) is 2.41. The normalized spacial score (nSPS) is 38.7. The summed E-state index contributed by atoms with van der Waals surface area (Å²) in [4.78, 5) is 4.28. The smallest absolute Gasteiger partial charge is 0.128 e. The average molecular weight is 306 g/mol. The maximum atomic E-state index is 6.18. The molecule has 0 spiro atoms. The molecule has 0 radical (unpaired) electrons. The molecule has 4 aliphatic rings. The molecule has 4 saturated carbocycles. The highest BCUT2D eigenvalue weighted by molar-refractivity contribution is 6.30. The first-order valence-electron chi connectivity index (χ1n) is 8.18. The molecular weight excluding hydrogens is 282 g/mol. The molecule has 0 saturated heterocycles. The largest absolute Gasteiger partial charge is 0.383 e. The highest BCUT2D eigenvalue weighted by Crippen LogP contribution is 2.64. The standard InChI is InChI=1S/C17H24ClN3/c1-20-15(14-5-13(18)9-21-16(14)19)17-6-10-2-11(7-17)4-12(3-10)8-17/h5,9-12,15,20H,2-4,6-8H2,1H3,(H2,19,21). The van der Waals surface area contributed by atoms with Crippen molar-refractivity contribution in [2.24, 2.45) is 23.2 Å². The van der Waals surface area contributed by atoms with E-state index in [2.05, 4.69) is 17.3 Å². The fourth-order valence-corrected chi connectivity index (χ4v) is 6.19. The van der Waals surface area contributed by atoms with Crippen molar-refractivity contribution in [1.29, 1.82) is 0 Å². The summed E-state index contributed by atoms with van der Waals surface area (Å²) in [6, 6.07) is 2.31. The molecule has 1 aromatic heterocycles. The third-order valence-corrected chi connectivity index (χ3v) is 6.42. The Labute approximate surface area is 131 Å². The van der Waals surface area contributed by atoms with Crippen LogP contribution in [-0.2, 0) is 0 Å². The van der Waals surface area contributed by atoms with Crippen LogP contribution in [0.25, 0.3) is 0 Å². The topological polar surface area (TPSA) is 50.9 Å². The maximum absolute atomic E-state index is 6.18. The van der Waals surface area contributed by atoms with Crippen molar-refractivity contribution < 1.29 is 0 Å². The van der Waals surface area contributed by atoms with Gasteiger partial charge in [-0.25, -0.2) is 4.98 Å². The van der Waals surface area contributed by atoms with Crippen LogP contribution in [0.5, 0.6) is 0 Å². The van der Waals surface area contributed by atoms with Gasteiger partial charge in [0.2, 0.25) is 0 Å². The van der Waals surface area contributed by atoms with Crippen LogP contribution in [0.1, 0.15) is 50.1 Å². The number of nitrogens with zero attached hydrogens (tertiary/aromatic N) is 1. The van der Waals surface area contributed by atoms with Crippen molar-refractivity contribution in [3.63, 3.8) is 0 Å². The summed E-state index contributed by atoms with van der Waals surface area (Å²) in [5.41, 5.74) is 7.64. The molecule has 4 aliphatic carbocycles. The van der Waals surface area contributed by atoms with Crippen molar-refractivity contribution in [3.05, 3.63) is 22.8 Å². The van der Waals surface area contributed by atoms with Crippen molar-refractivity contribution in [2.75, 3.05) is 12.8 Å². The Hall–Kier alpha value is -0.800. The predicted molar refractivity (Wildman–Crippen MR) is 86.1 cm³/mol. The molecule has 1 unspecified atom stereocenters. The summed E-state index contributed by atoms with van der Waals surface area (Å²) in [6.45, 7) is 0. The lowest BCUT2D eigenvalue weighted by molar-refractivity contribution is -0.0735. The quantitative estimate of drug-likeness (QED) is 0.893. The molecule has 3 N–H and O–H groups in total. The molecule has 0 aliphatic heterocycles. The van der Waals surface area contributed by atoms with Crippen LogP contribution in [0.15, 0.2) is 12.3 Å². The predicted octanol–water partition coefficient (Wildman–Crippen LogP) is 3.79. The van der Waals surface area contributed by atoms with E-state index in [4.69, 9.17) is 17.3 Å². The van der Waals surface area contributed by atoms with Gasteiger partial charge in [-0.2, -0.15) is 0 Å². The Balaban J connectivity index is 1.74. The van der Waals surface area contributed by atoms with Gasteiger partial charge >= 0.3 is 0 Å². The number of nitrogens with two attached hydrogens (primary N) is 1. The molecule has 114 valence electrons. The number of nitrogens with one attached hydrogen (secondary N) is 1. The summed E-state index contributed by atoms with van der Waals surface area (Å²) >= 11 is 6.18. The van der Waals surface area contributed by atoms with Gasteiger partial charge in [-0.3, -0.25) is 0 Å². The van der Waals surface area contributed by atoms with E-state index >= 15 is 0 Å². The number of hydrogen-bond acceptors (Lipinski definition) is 3. The van der Waals surface area contributed by atoms with Crippen LogP contribution in [0, 0.1) is 23.2 Å². The number of rotatable bonds is 3. The lowest BCUT2D eigenvalue weighted by atomic mass is 9.47. The van der Waals surface area contributed by atoms with Gasteiger partial charge in [0.1, 0.15) is 5.82 Å².